The van der Waals surface area contributed by atoms with Crippen molar-refractivity contribution in [3.63, 3.8) is 0 Å². The molecule has 0 N–H and O–H groups in total. The van der Waals surface area contributed by atoms with E-state index in [0.717, 1.165) is 16.3 Å². The Kier molecular flexibility index (Phi) is 4.57. The van der Waals surface area contributed by atoms with Gasteiger partial charge in [0.2, 0.25) is 0 Å². The molecule has 4 rings (SSSR count). The van der Waals surface area contributed by atoms with Crippen LogP contribution in [0, 0.1) is 13.8 Å². The third-order valence-corrected chi connectivity index (χ3v) is 5.55. The third kappa shape index (κ3) is 3.15. The summed E-state index contributed by atoms with van der Waals surface area (Å²) in [5.74, 6) is -0.0919. The highest BCUT2D eigenvalue weighted by Gasteiger charge is 2.29. The minimum atomic E-state index is -0.0919. The smallest absolute Gasteiger partial charge is 0.276 e. The van der Waals surface area contributed by atoms with Gasteiger partial charge in [0.15, 0.2) is 5.69 Å². The van der Waals surface area contributed by atoms with E-state index in [1.54, 1.807) is 16.0 Å². The first-order valence-corrected chi connectivity index (χ1v) is 9.45. The van der Waals surface area contributed by atoms with E-state index < -0.39 is 0 Å². The maximum atomic E-state index is 13.0. The molecule has 1 unspecified atom stereocenters. The number of aromatic nitrogens is 3. The molecule has 0 saturated carbocycles. The first-order valence-electron chi connectivity index (χ1n) is 8.57. The van der Waals surface area contributed by atoms with Gasteiger partial charge in [0.1, 0.15) is 6.10 Å². The van der Waals surface area contributed by atoms with E-state index in [9.17, 15) is 4.79 Å². The second-order valence-electron chi connectivity index (χ2n) is 6.40. The van der Waals surface area contributed by atoms with E-state index in [4.69, 9.17) is 4.74 Å². The highest BCUT2D eigenvalue weighted by molar-refractivity contribution is 7.10. The lowest BCUT2D eigenvalue weighted by Crippen LogP contribution is -2.42. The Morgan fingerprint density at radius 1 is 1.23 bits per heavy atom. The number of ether oxygens (including phenoxy) is 1. The average Bonchev–Trinajstić information content (AvgIpc) is 3.32. The fraction of sp³-hybridized carbons (Fsp3) is 0.316. The lowest BCUT2D eigenvalue weighted by atomic mass is 10.2. The molecule has 7 heteroatoms. The van der Waals surface area contributed by atoms with Crippen molar-refractivity contribution in [2.24, 2.45) is 0 Å². The molecule has 2 aromatic heterocycles. The number of amides is 1. The zero-order chi connectivity index (χ0) is 18.1. The van der Waals surface area contributed by atoms with Gasteiger partial charge in [-0.05, 0) is 37.4 Å². The molecule has 0 bridgehead atoms. The van der Waals surface area contributed by atoms with Crippen molar-refractivity contribution in [2.45, 2.75) is 20.0 Å². The van der Waals surface area contributed by atoms with Crippen LogP contribution in [0.3, 0.4) is 0 Å². The predicted molar refractivity (Wildman–Crippen MR) is 99.7 cm³/mol. The molecule has 3 heterocycles. The summed E-state index contributed by atoms with van der Waals surface area (Å²) >= 11 is 1.65. The lowest BCUT2D eigenvalue weighted by Gasteiger charge is -2.32. The molecule has 26 heavy (non-hydrogen) atoms. The SMILES string of the molecule is Cc1ccc(-n2nnc(C(=O)N3CCOC(c4cccs4)C3)c2C)cc1. The van der Waals surface area contributed by atoms with Crippen LogP contribution in [0.15, 0.2) is 41.8 Å². The molecule has 134 valence electrons. The number of thiophene rings is 1. The van der Waals surface area contributed by atoms with Crippen LogP contribution in [0.5, 0.6) is 0 Å². The summed E-state index contributed by atoms with van der Waals surface area (Å²) < 4.78 is 7.54. The third-order valence-electron chi connectivity index (χ3n) is 4.59. The molecule has 1 aromatic carbocycles. The van der Waals surface area contributed by atoms with Crippen molar-refractivity contribution >= 4 is 17.2 Å². The van der Waals surface area contributed by atoms with Crippen LogP contribution < -0.4 is 0 Å². The van der Waals surface area contributed by atoms with Gasteiger partial charge in [0.25, 0.3) is 5.91 Å². The largest absolute Gasteiger partial charge is 0.369 e. The second kappa shape index (κ2) is 7.01. The van der Waals surface area contributed by atoms with Gasteiger partial charge in [-0.25, -0.2) is 4.68 Å². The lowest BCUT2D eigenvalue weighted by molar-refractivity contribution is -0.0214. The average molecular weight is 368 g/mol. The standard InChI is InChI=1S/C19H20N4O2S/c1-13-5-7-15(8-6-13)23-14(2)18(20-21-23)19(24)22-9-10-25-16(12-22)17-4-3-11-26-17/h3-8,11,16H,9-10,12H2,1-2H3. The fourth-order valence-corrected chi connectivity index (χ4v) is 3.85. The van der Waals surface area contributed by atoms with Gasteiger partial charge in [-0.3, -0.25) is 4.79 Å². The van der Waals surface area contributed by atoms with Crippen molar-refractivity contribution in [2.75, 3.05) is 19.7 Å². The van der Waals surface area contributed by atoms with Gasteiger partial charge in [-0.1, -0.05) is 29.0 Å². The molecule has 0 aliphatic carbocycles. The van der Waals surface area contributed by atoms with Gasteiger partial charge in [0.05, 0.1) is 24.5 Å². The van der Waals surface area contributed by atoms with Crippen LogP contribution in [-0.2, 0) is 4.74 Å². The molecule has 1 fully saturated rings. The van der Waals surface area contributed by atoms with E-state index in [1.807, 2.05) is 60.5 Å². The van der Waals surface area contributed by atoms with Crippen molar-refractivity contribution in [1.82, 2.24) is 19.9 Å². The first-order chi connectivity index (χ1) is 12.6. The highest BCUT2D eigenvalue weighted by atomic mass is 32.1. The number of rotatable bonds is 3. The molecule has 1 aliphatic rings. The molecule has 1 saturated heterocycles. The maximum absolute atomic E-state index is 13.0. The number of carbonyl (C=O) groups excluding carboxylic acids is 1. The number of morpholine rings is 1. The fourth-order valence-electron chi connectivity index (χ4n) is 3.09. The highest BCUT2D eigenvalue weighted by Crippen LogP contribution is 2.27. The summed E-state index contributed by atoms with van der Waals surface area (Å²) in [4.78, 5) is 15.9. The van der Waals surface area contributed by atoms with Crippen molar-refractivity contribution in [1.29, 1.82) is 0 Å². The Morgan fingerprint density at radius 2 is 2.04 bits per heavy atom. The molecule has 0 radical (unpaired) electrons. The zero-order valence-corrected chi connectivity index (χ0v) is 15.6. The minimum absolute atomic E-state index is 0.0693. The Balaban J connectivity index is 1.56. The summed E-state index contributed by atoms with van der Waals surface area (Å²) in [6, 6.07) is 12.0. The number of hydrogen-bond donors (Lipinski definition) is 0. The van der Waals surface area contributed by atoms with E-state index in [0.29, 0.717) is 25.4 Å². The number of nitrogens with zero attached hydrogens (tertiary/aromatic N) is 4. The van der Waals surface area contributed by atoms with E-state index >= 15 is 0 Å². The zero-order valence-electron chi connectivity index (χ0n) is 14.8. The normalized spacial score (nSPS) is 17.5. The Bertz CT molecular complexity index is 902. The van der Waals surface area contributed by atoms with Crippen molar-refractivity contribution in [3.8, 4) is 5.69 Å². The van der Waals surface area contributed by atoms with Crippen LogP contribution in [0.25, 0.3) is 5.69 Å². The van der Waals surface area contributed by atoms with Crippen LogP contribution in [-0.4, -0.2) is 45.5 Å². The van der Waals surface area contributed by atoms with Crippen LogP contribution >= 0.6 is 11.3 Å². The van der Waals surface area contributed by atoms with Crippen molar-refractivity contribution in [3.05, 3.63) is 63.6 Å². The van der Waals surface area contributed by atoms with Crippen molar-refractivity contribution < 1.29 is 9.53 Å². The van der Waals surface area contributed by atoms with Gasteiger partial charge in [-0.2, -0.15) is 0 Å². The number of carbonyl (C=O) groups is 1. The van der Waals surface area contributed by atoms with Gasteiger partial charge < -0.3 is 9.64 Å². The Hall–Kier alpha value is -2.51. The first kappa shape index (κ1) is 16.9. The Labute approximate surface area is 156 Å². The molecule has 1 amide bonds. The van der Waals surface area contributed by atoms with Gasteiger partial charge in [0, 0.05) is 11.4 Å². The van der Waals surface area contributed by atoms with Crippen LogP contribution in [0.2, 0.25) is 0 Å². The molecule has 0 spiro atoms. The molecular formula is C19H20N4O2S. The molecule has 1 atom stereocenters. The van der Waals surface area contributed by atoms with E-state index in [-0.39, 0.29) is 12.0 Å². The monoisotopic (exact) mass is 368 g/mol. The van der Waals surface area contributed by atoms with Gasteiger partial charge in [-0.15, -0.1) is 16.4 Å². The molecule has 1 aliphatic heterocycles. The Morgan fingerprint density at radius 3 is 2.77 bits per heavy atom. The molecule has 3 aromatic rings. The second-order valence-corrected chi connectivity index (χ2v) is 7.38. The summed E-state index contributed by atoms with van der Waals surface area (Å²) in [5.41, 5.74) is 3.23. The predicted octanol–water partition coefficient (Wildman–Crippen LogP) is 3.16. The summed E-state index contributed by atoms with van der Waals surface area (Å²) in [7, 11) is 0. The van der Waals surface area contributed by atoms with Crippen LogP contribution in [0.4, 0.5) is 0 Å². The summed E-state index contributed by atoms with van der Waals surface area (Å²) in [5, 5.41) is 10.4. The minimum Gasteiger partial charge on any atom is -0.369 e. The summed E-state index contributed by atoms with van der Waals surface area (Å²) in [6.07, 6.45) is -0.0693. The number of hydrogen-bond acceptors (Lipinski definition) is 5. The van der Waals surface area contributed by atoms with Gasteiger partial charge >= 0.3 is 0 Å². The number of aryl methyl sites for hydroxylation is 1. The quantitative estimate of drug-likeness (QED) is 0.712. The molecule has 6 nitrogen and oxygen atoms in total. The number of benzene rings is 1. The van der Waals surface area contributed by atoms with E-state index in [1.165, 1.54) is 5.56 Å². The maximum Gasteiger partial charge on any atom is 0.276 e. The van der Waals surface area contributed by atoms with Crippen LogP contribution in [0.1, 0.15) is 32.7 Å². The topological polar surface area (TPSA) is 60.2 Å². The summed E-state index contributed by atoms with van der Waals surface area (Å²) in [6.45, 7) is 5.55. The van der Waals surface area contributed by atoms with E-state index in [2.05, 4.69) is 10.3 Å². The molecular weight excluding hydrogens is 348 g/mol.